The molecule has 1 aliphatic rings. The molecule has 2 rings (SSSR count). The summed E-state index contributed by atoms with van der Waals surface area (Å²) in [5, 5.41) is 0. The molecule has 116 valence electrons. The smallest absolute Gasteiger partial charge is 0.421 e. The number of hydrogen-bond donors (Lipinski definition) is 1. The van der Waals surface area contributed by atoms with Crippen LogP contribution in [0.5, 0.6) is 5.88 Å². The van der Waals surface area contributed by atoms with Gasteiger partial charge in [-0.05, 0) is 30.9 Å². The third-order valence-electron chi connectivity index (χ3n) is 3.21. The van der Waals surface area contributed by atoms with E-state index in [0.29, 0.717) is 13.2 Å². The van der Waals surface area contributed by atoms with E-state index in [1.54, 1.807) is 0 Å². The van der Waals surface area contributed by atoms with Crippen molar-refractivity contribution in [2.75, 3.05) is 19.8 Å². The van der Waals surface area contributed by atoms with Gasteiger partial charge in [0.15, 0.2) is 0 Å². The maximum Gasteiger partial charge on any atom is 0.421 e. The van der Waals surface area contributed by atoms with Crippen LogP contribution in [0.15, 0.2) is 12.1 Å². The van der Waals surface area contributed by atoms with E-state index in [1.165, 1.54) is 0 Å². The molecular formula is C13H15F3N2O3. The fourth-order valence-corrected chi connectivity index (χ4v) is 2.01. The van der Waals surface area contributed by atoms with Gasteiger partial charge < -0.3 is 15.2 Å². The molecule has 0 unspecified atom stereocenters. The highest BCUT2D eigenvalue weighted by atomic mass is 19.4. The Balaban J connectivity index is 2.17. The number of nitrogens with two attached hydrogens (primary N) is 1. The summed E-state index contributed by atoms with van der Waals surface area (Å²) < 4.78 is 49.0. The molecule has 2 N–H and O–H groups in total. The highest BCUT2D eigenvalue weighted by Crippen LogP contribution is 2.35. The first-order chi connectivity index (χ1) is 9.88. The summed E-state index contributed by atoms with van der Waals surface area (Å²) >= 11 is 0. The van der Waals surface area contributed by atoms with Crippen LogP contribution in [0.1, 0.15) is 28.9 Å². The van der Waals surface area contributed by atoms with Crippen LogP contribution < -0.4 is 10.5 Å². The molecule has 1 aliphatic heterocycles. The number of carbonyl (C=O) groups is 1. The summed E-state index contributed by atoms with van der Waals surface area (Å²) in [6, 6.07) is 1.69. The second kappa shape index (κ2) is 6.30. The number of hydrogen-bond acceptors (Lipinski definition) is 4. The second-order valence-corrected chi connectivity index (χ2v) is 4.78. The third-order valence-corrected chi connectivity index (χ3v) is 3.21. The molecule has 5 nitrogen and oxygen atoms in total. The Hall–Kier alpha value is -1.83. The molecule has 1 aromatic heterocycles. The van der Waals surface area contributed by atoms with Crippen molar-refractivity contribution in [2.24, 2.45) is 11.7 Å². The fraction of sp³-hybridized carbons (Fsp3) is 0.538. The topological polar surface area (TPSA) is 74.4 Å². The van der Waals surface area contributed by atoms with Gasteiger partial charge in [-0.1, -0.05) is 0 Å². The van der Waals surface area contributed by atoms with Crippen LogP contribution in [0.25, 0.3) is 0 Å². The Morgan fingerprint density at radius 3 is 2.62 bits per heavy atom. The summed E-state index contributed by atoms with van der Waals surface area (Å²) in [5.41, 5.74) is 3.75. The molecule has 0 radical (unpaired) electrons. The summed E-state index contributed by atoms with van der Waals surface area (Å²) in [7, 11) is 0. The van der Waals surface area contributed by atoms with Crippen LogP contribution in [-0.4, -0.2) is 30.7 Å². The van der Waals surface area contributed by atoms with Crippen molar-refractivity contribution < 1.29 is 27.4 Å². The third kappa shape index (κ3) is 4.07. The molecule has 21 heavy (non-hydrogen) atoms. The van der Waals surface area contributed by atoms with Gasteiger partial charge in [-0.3, -0.25) is 4.79 Å². The second-order valence-electron chi connectivity index (χ2n) is 4.78. The molecule has 0 bridgehead atoms. The van der Waals surface area contributed by atoms with Crippen molar-refractivity contribution in [1.29, 1.82) is 0 Å². The van der Waals surface area contributed by atoms with Gasteiger partial charge in [0, 0.05) is 13.2 Å². The lowest BCUT2D eigenvalue weighted by Crippen LogP contribution is -2.23. The van der Waals surface area contributed by atoms with Crippen LogP contribution in [0, 0.1) is 5.92 Å². The standard InChI is InChI=1S/C13H15F3N2O3/c14-13(15,16)9-1-2-10(11(17)19)18-12(9)21-7-8-3-5-20-6-4-8/h1-2,8H,3-7H2,(H2,17,19). The van der Waals surface area contributed by atoms with Crippen molar-refractivity contribution in [3.63, 3.8) is 0 Å². The molecule has 1 fully saturated rings. The molecule has 1 amide bonds. The number of halogens is 3. The van der Waals surface area contributed by atoms with Crippen molar-refractivity contribution in [3.05, 3.63) is 23.4 Å². The van der Waals surface area contributed by atoms with Crippen molar-refractivity contribution in [3.8, 4) is 5.88 Å². The van der Waals surface area contributed by atoms with E-state index in [4.69, 9.17) is 15.2 Å². The lowest BCUT2D eigenvalue weighted by Gasteiger charge is -2.22. The van der Waals surface area contributed by atoms with Crippen molar-refractivity contribution >= 4 is 5.91 Å². The average Bonchev–Trinajstić information content (AvgIpc) is 2.45. The molecule has 0 saturated carbocycles. The van der Waals surface area contributed by atoms with Crippen LogP contribution in [-0.2, 0) is 10.9 Å². The Morgan fingerprint density at radius 1 is 1.38 bits per heavy atom. The minimum atomic E-state index is -4.60. The monoisotopic (exact) mass is 304 g/mol. The first-order valence-electron chi connectivity index (χ1n) is 6.46. The van der Waals surface area contributed by atoms with E-state index in [1.807, 2.05) is 0 Å². The lowest BCUT2D eigenvalue weighted by molar-refractivity contribution is -0.139. The molecular weight excluding hydrogens is 289 g/mol. The van der Waals surface area contributed by atoms with E-state index in [-0.39, 0.29) is 18.2 Å². The molecule has 0 spiro atoms. The van der Waals surface area contributed by atoms with Crippen LogP contribution in [0.4, 0.5) is 13.2 Å². The molecule has 8 heteroatoms. The molecule has 1 saturated heterocycles. The van der Waals surface area contributed by atoms with Gasteiger partial charge in [0.2, 0.25) is 5.88 Å². The maximum atomic E-state index is 12.9. The summed E-state index contributed by atoms with van der Waals surface area (Å²) in [6.45, 7) is 1.23. The van der Waals surface area contributed by atoms with Crippen LogP contribution in [0.2, 0.25) is 0 Å². The maximum absolute atomic E-state index is 12.9. The number of carbonyl (C=O) groups excluding carboxylic acids is 1. The Bertz CT molecular complexity index is 514. The summed E-state index contributed by atoms with van der Waals surface area (Å²) in [6.07, 6.45) is -3.16. The predicted molar refractivity (Wildman–Crippen MR) is 66.8 cm³/mol. The van der Waals surface area contributed by atoms with E-state index in [0.717, 1.165) is 25.0 Å². The number of alkyl halides is 3. The zero-order valence-corrected chi connectivity index (χ0v) is 11.2. The van der Waals surface area contributed by atoms with E-state index in [9.17, 15) is 18.0 Å². The van der Waals surface area contributed by atoms with Crippen LogP contribution in [0.3, 0.4) is 0 Å². The number of rotatable bonds is 4. The molecule has 0 aromatic carbocycles. The number of aromatic nitrogens is 1. The number of nitrogens with zero attached hydrogens (tertiary/aromatic N) is 1. The zero-order chi connectivity index (χ0) is 15.5. The number of pyridine rings is 1. The average molecular weight is 304 g/mol. The molecule has 0 aliphatic carbocycles. The molecule has 2 heterocycles. The SMILES string of the molecule is NC(=O)c1ccc(C(F)(F)F)c(OCC2CCOCC2)n1. The fourth-order valence-electron chi connectivity index (χ4n) is 2.01. The Kier molecular flexibility index (Phi) is 4.66. The van der Waals surface area contributed by atoms with Gasteiger partial charge in [-0.15, -0.1) is 0 Å². The van der Waals surface area contributed by atoms with E-state index < -0.39 is 23.5 Å². The normalized spacial score (nSPS) is 16.7. The quantitative estimate of drug-likeness (QED) is 0.923. The van der Waals surface area contributed by atoms with Gasteiger partial charge in [-0.25, -0.2) is 4.98 Å². The van der Waals surface area contributed by atoms with Gasteiger partial charge in [0.1, 0.15) is 11.3 Å². The van der Waals surface area contributed by atoms with Gasteiger partial charge in [0.25, 0.3) is 5.91 Å². The first-order valence-corrected chi connectivity index (χ1v) is 6.46. The highest BCUT2D eigenvalue weighted by molar-refractivity contribution is 5.90. The lowest BCUT2D eigenvalue weighted by atomic mass is 10.0. The summed E-state index contributed by atoms with van der Waals surface area (Å²) in [5.74, 6) is -1.40. The minimum Gasteiger partial charge on any atom is -0.477 e. The van der Waals surface area contributed by atoms with E-state index in [2.05, 4.69) is 4.98 Å². The van der Waals surface area contributed by atoms with Gasteiger partial charge >= 0.3 is 6.18 Å². The van der Waals surface area contributed by atoms with Gasteiger partial charge in [0.05, 0.1) is 6.61 Å². The molecule has 1 aromatic rings. The Morgan fingerprint density at radius 2 is 2.05 bits per heavy atom. The zero-order valence-electron chi connectivity index (χ0n) is 11.2. The van der Waals surface area contributed by atoms with Crippen molar-refractivity contribution in [2.45, 2.75) is 19.0 Å². The molecule has 0 atom stereocenters. The minimum absolute atomic E-state index is 0.0989. The Labute approximate surface area is 119 Å². The number of amides is 1. The number of primary amides is 1. The van der Waals surface area contributed by atoms with Crippen LogP contribution >= 0.6 is 0 Å². The predicted octanol–water partition coefficient (Wildman–Crippen LogP) is 2.00. The highest BCUT2D eigenvalue weighted by Gasteiger charge is 2.36. The van der Waals surface area contributed by atoms with E-state index >= 15 is 0 Å². The first kappa shape index (κ1) is 15.6. The van der Waals surface area contributed by atoms with Crippen molar-refractivity contribution in [1.82, 2.24) is 4.98 Å². The number of ether oxygens (including phenoxy) is 2. The van der Waals surface area contributed by atoms with Gasteiger partial charge in [-0.2, -0.15) is 13.2 Å². The summed E-state index contributed by atoms with van der Waals surface area (Å²) in [4.78, 5) is 14.6. The largest absolute Gasteiger partial charge is 0.477 e.